The Morgan fingerprint density at radius 3 is 3.00 bits per heavy atom. The average molecular weight is 277 g/mol. The van der Waals surface area contributed by atoms with Crippen LogP contribution in [0.1, 0.15) is 44.6 Å². The molecule has 3 rings (SSSR count). The molecular weight excluding hydrogens is 253 g/mol. The van der Waals surface area contributed by atoms with E-state index in [4.69, 9.17) is 4.74 Å². The van der Waals surface area contributed by atoms with Crippen LogP contribution in [0, 0.1) is 11.7 Å². The fourth-order valence-corrected chi connectivity index (χ4v) is 3.65. The van der Waals surface area contributed by atoms with Gasteiger partial charge in [0, 0.05) is 24.6 Å². The van der Waals surface area contributed by atoms with E-state index in [-0.39, 0.29) is 11.9 Å². The molecular formula is C17H24FNO. The molecule has 1 N–H and O–H groups in total. The topological polar surface area (TPSA) is 21.3 Å². The first-order valence-electron chi connectivity index (χ1n) is 7.94. The second-order valence-electron chi connectivity index (χ2n) is 6.16. The lowest BCUT2D eigenvalue weighted by atomic mass is 9.83. The summed E-state index contributed by atoms with van der Waals surface area (Å²) in [5.41, 5.74) is 1.01. The molecule has 1 aliphatic heterocycles. The van der Waals surface area contributed by atoms with E-state index in [9.17, 15) is 4.39 Å². The molecule has 1 saturated carbocycles. The van der Waals surface area contributed by atoms with Crippen LogP contribution in [0.5, 0.6) is 5.75 Å². The highest BCUT2D eigenvalue weighted by Crippen LogP contribution is 2.30. The van der Waals surface area contributed by atoms with Gasteiger partial charge in [-0.25, -0.2) is 4.39 Å². The Kier molecular flexibility index (Phi) is 4.25. The predicted molar refractivity (Wildman–Crippen MR) is 78.6 cm³/mol. The highest BCUT2D eigenvalue weighted by Gasteiger charge is 2.27. The summed E-state index contributed by atoms with van der Waals surface area (Å²) >= 11 is 0. The van der Waals surface area contributed by atoms with Crippen LogP contribution < -0.4 is 10.1 Å². The second kappa shape index (κ2) is 6.13. The third-order valence-corrected chi connectivity index (χ3v) is 4.80. The van der Waals surface area contributed by atoms with Crippen LogP contribution in [0.15, 0.2) is 18.2 Å². The first-order valence-corrected chi connectivity index (χ1v) is 7.94. The number of fused-ring (bicyclic) bond motifs is 1. The molecule has 0 saturated heterocycles. The van der Waals surface area contributed by atoms with Crippen LogP contribution in [0.4, 0.5) is 4.39 Å². The van der Waals surface area contributed by atoms with Crippen molar-refractivity contribution in [3.05, 3.63) is 29.6 Å². The van der Waals surface area contributed by atoms with Crippen LogP contribution in [0.2, 0.25) is 0 Å². The van der Waals surface area contributed by atoms with Crippen molar-refractivity contribution < 1.29 is 9.13 Å². The summed E-state index contributed by atoms with van der Waals surface area (Å²) in [6.07, 6.45) is 7.59. The van der Waals surface area contributed by atoms with E-state index in [0.29, 0.717) is 6.04 Å². The first-order chi connectivity index (χ1) is 9.76. The van der Waals surface area contributed by atoms with Crippen molar-refractivity contribution in [1.29, 1.82) is 0 Å². The zero-order valence-corrected chi connectivity index (χ0v) is 12.2. The summed E-state index contributed by atoms with van der Waals surface area (Å²) in [6, 6.07) is 5.46. The molecule has 0 radical (unpaired) electrons. The molecule has 3 atom stereocenters. The smallest absolute Gasteiger partial charge is 0.123 e. The van der Waals surface area contributed by atoms with Gasteiger partial charge in [-0.2, -0.15) is 0 Å². The molecule has 0 spiro atoms. The summed E-state index contributed by atoms with van der Waals surface area (Å²) in [4.78, 5) is 0. The Morgan fingerprint density at radius 1 is 1.30 bits per heavy atom. The molecule has 1 aromatic carbocycles. The Morgan fingerprint density at radius 2 is 2.15 bits per heavy atom. The van der Waals surface area contributed by atoms with Crippen molar-refractivity contribution in [2.75, 3.05) is 6.54 Å². The summed E-state index contributed by atoms with van der Waals surface area (Å²) < 4.78 is 19.1. The number of rotatable bonds is 4. The normalized spacial score (nSPS) is 29.0. The summed E-state index contributed by atoms with van der Waals surface area (Å²) in [5, 5.41) is 3.70. The van der Waals surface area contributed by atoms with Gasteiger partial charge >= 0.3 is 0 Å². The van der Waals surface area contributed by atoms with Crippen LogP contribution in [0.25, 0.3) is 0 Å². The molecule has 2 aliphatic rings. The molecule has 0 amide bonds. The largest absolute Gasteiger partial charge is 0.488 e. The van der Waals surface area contributed by atoms with E-state index in [1.54, 1.807) is 12.1 Å². The van der Waals surface area contributed by atoms with E-state index in [0.717, 1.165) is 30.2 Å². The lowest BCUT2D eigenvalue weighted by molar-refractivity contribution is 0.192. The van der Waals surface area contributed by atoms with Gasteiger partial charge < -0.3 is 10.1 Å². The van der Waals surface area contributed by atoms with Crippen molar-refractivity contribution >= 4 is 0 Å². The second-order valence-corrected chi connectivity index (χ2v) is 6.16. The van der Waals surface area contributed by atoms with E-state index in [1.165, 1.54) is 38.2 Å². The van der Waals surface area contributed by atoms with Crippen molar-refractivity contribution in [2.45, 2.75) is 57.6 Å². The average Bonchev–Trinajstić information content (AvgIpc) is 2.87. The maximum atomic E-state index is 13.2. The Balaban J connectivity index is 1.53. The van der Waals surface area contributed by atoms with Crippen molar-refractivity contribution in [3.63, 3.8) is 0 Å². The highest BCUT2D eigenvalue weighted by molar-refractivity contribution is 5.37. The summed E-state index contributed by atoms with van der Waals surface area (Å²) in [6.45, 7) is 3.16. The van der Waals surface area contributed by atoms with Gasteiger partial charge in [0.05, 0.1) is 0 Å². The summed E-state index contributed by atoms with van der Waals surface area (Å²) in [5.74, 6) is 1.50. The highest BCUT2D eigenvalue weighted by atomic mass is 19.1. The van der Waals surface area contributed by atoms with Crippen LogP contribution in [0.3, 0.4) is 0 Å². The molecule has 3 unspecified atom stereocenters. The van der Waals surface area contributed by atoms with Crippen LogP contribution >= 0.6 is 0 Å². The van der Waals surface area contributed by atoms with Gasteiger partial charge in [-0.1, -0.05) is 26.2 Å². The fraction of sp³-hybridized carbons (Fsp3) is 0.647. The number of halogens is 1. The molecule has 20 heavy (non-hydrogen) atoms. The number of ether oxygens (including phenoxy) is 1. The quantitative estimate of drug-likeness (QED) is 0.906. The zero-order chi connectivity index (χ0) is 13.9. The van der Waals surface area contributed by atoms with Crippen LogP contribution in [-0.4, -0.2) is 18.7 Å². The first kappa shape index (κ1) is 13.9. The molecule has 1 aromatic rings. The molecule has 2 nitrogen and oxygen atoms in total. The van der Waals surface area contributed by atoms with Gasteiger partial charge in [0.1, 0.15) is 17.7 Å². The molecule has 0 bridgehead atoms. The van der Waals surface area contributed by atoms with Gasteiger partial charge in [0.25, 0.3) is 0 Å². The molecule has 110 valence electrons. The van der Waals surface area contributed by atoms with E-state index in [2.05, 4.69) is 12.2 Å². The minimum Gasteiger partial charge on any atom is -0.488 e. The van der Waals surface area contributed by atoms with Crippen LogP contribution in [-0.2, 0) is 6.42 Å². The standard InChI is InChI=1S/C17H24FNO/c1-2-12-5-3-4-6-16(12)19-11-15-10-13-9-14(18)7-8-17(13)20-15/h7-9,12,15-16,19H,2-6,10-11H2,1H3. The number of hydrogen-bond acceptors (Lipinski definition) is 2. The molecule has 1 fully saturated rings. The lowest BCUT2D eigenvalue weighted by Crippen LogP contribution is -2.43. The fourth-order valence-electron chi connectivity index (χ4n) is 3.65. The molecule has 3 heteroatoms. The SMILES string of the molecule is CCC1CCCCC1NCC1Cc2cc(F)ccc2O1. The van der Waals surface area contributed by atoms with Gasteiger partial charge in [-0.15, -0.1) is 0 Å². The van der Waals surface area contributed by atoms with Gasteiger partial charge in [0.15, 0.2) is 0 Å². The third-order valence-electron chi connectivity index (χ3n) is 4.80. The van der Waals surface area contributed by atoms with Gasteiger partial charge in [0.2, 0.25) is 0 Å². The zero-order valence-electron chi connectivity index (χ0n) is 12.2. The number of benzene rings is 1. The lowest BCUT2D eigenvalue weighted by Gasteiger charge is -2.32. The maximum absolute atomic E-state index is 13.2. The maximum Gasteiger partial charge on any atom is 0.123 e. The predicted octanol–water partition coefficient (Wildman–Crippen LogP) is 3.69. The Hall–Kier alpha value is -1.09. The Labute approximate surface area is 120 Å². The molecule has 0 aromatic heterocycles. The molecule has 1 heterocycles. The van der Waals surface area contributed by atoms with Crippen molar-refractivity contribution in [1.82, 2.24) is 5.32 Å². The molecule has 1 aliphatic carbocycles. The van der Waals surface area contributed by atoms with E-state index < -0.39 is 0 Å². The monoisotopic (exact) mass is 277 g/mol. The number of hydrogen-bond donors (Lipinski definition) is 1. The third kappa shape index (κ3) is 2.98. The van der Waals surface area contributed by atoms with Gasteiger partial charge in [-0.3, -0.25) is 0 Å². The van der Waals surface area contributed by atoms with E-state index in [1.807, 2.05) is 0 Å². The van der Waals surface area contributed by atoms with Crippen molar-refractivity contribution in [2.24, 2.45) is 5.92 Å². The van der Waals surface area contributed by atoms with Crippen molar-refractivity contribution in [3.8, 4) is 5.75 Å². The van der Waals surface area contributed by atoms with Gasteiger partial charge in [-0.05, 0) is 37.0 Å². The van der Waals surface area contributed by atoms with E-state index >= 15 is 0 Å². The minimum absolute atomic E-state index is 0.159. The minimum atomic E-state index is -0.167. The number of nitrogens with one attached hydrogen (secondary N) is 1. The Bertz CT molecular complexity index is 462. The summed E-state index contributed by atoms with van der Waals surface area (Å²) in [7, 11) is 0.